The minimum atomic E-state index is -4.56. The first-order valence-corrected chi connectivity index (χ1v) is 8.23. The van der Waals surface area contributed by atoms with Crippen LogP contribution in [0.25, 0.3) is 0 Å². The molecule has 6 nitrogen and oxygen atoms in total. The Labute approximate surface area is 149 Å². The Hall–Kier alpha value is -2.13. The summed E-state index contributed by atoms with van der Waals surface area (Å²) in [5.41, 5.74) is -1.21. The van der Waals surface area contributed by atoms with Crippen LogP contribution in [0.15, 0.2) is 24.3 Å². The number of anilines is 1. The Morgan fingerprint density at radius 2 is 1.88 bits per heavy atom. The zero-order chi connectivity index (χ0) is 19.3. The standard InChI is InChI=1S/C17H22F3N3O3/c1-12(16(25)23-7-9-26-10-8-23)22(2)11-15(24)21-14-6-4-3-5-13(14)17(18,19)20/h3-6,12H,7-11H2,1-2H3,(H,21,24)/t12-/m1/s1. The van der Waals surface area contributed by atoms with E-state index in [0.29, 0.717) is 26.3 Å². The average molecular weight is 373 g/mol. The van der Waals surface area contributed by atoms with Crippen molar-refractivity contribution in [2.24, 2.45) is 0 Å². The molecule has 0 unspecified atom stereocenters. The molecule has 1 N–H and O–H groups in total. The van der Waals surface area contributed by atoms with Crippen molar-refractivity contribution in [1.29, 1.82) is 0 Å². The van der Waals surface area contributed by atoms with Crippen LogP contribution in [-0.2, 0) is 20.5 Å². The zero-order valence-electron chi connectivity index (χ0n) is 14.7. The molecule has 1 aliphatic rings. The van der Waals surface area contributed by atoms with Crippen molar-refractivity contribution in [2.75, 3.05) is 45.2 Å². The first-order chi connectivity index (χ1) is 12.2. The second kappa shape index (κ2) is 8.50. The summed E-state index contributed by atoms with van der Waals surface area (Å²) in [5.74, 6) is -0.759. The van der Waals surface area contributed by atoms with E-state index in [1.165, 1.54) is 23.1 Å². The van der Waals surface area contributed by atoms with E-state index < -0.39 is 23.7 Å². The molecular weight excluding hydrogens is 351 g/mol. The lowest BCUT2D eigenvalue weighted by molar-refractivity contribution is -0.140. The van der Waals surface area contributed by atoms with Gasteiger partial charge in [0.15, 0.2) is 0 Å². The van der Waals surface area contributed by atoms with Crippen molar-refractivity contribution in [3.8, 4) is 0 Å². The summed E-state index contributed by atoms with van der Waals surface area (Å²) in [6.07, 6.45) is -4.56. The fourth-order valence-electron chi connectivity index (χ4n) is 2.63. The van der Waals surface area contributed by atoms with Crippen LogP contribution in [0.4, 0.5) is 18.9 Å². The van der Waals surface area contributed by atoms with Gasteiger partial charge in [-0.3, -0.25) is 14.5 Å². The minimum Gasteiger partial charge on any atom is -0.378 e. The van der Waals surface area contributed by atoms with Gasteiger partial charge in [0.25, 0.3) is 0 Å². The van der Waals surface area contributed by atoms with E-state index in [9.17, 15) is 22.8 Å². The molecule has 9 heteroatoms. The highest BCUT2D eigenvalue weighted by molar-refractivity contribution is 5.93. The van der Waals surface area contributed by atoms with Crippen molar-refractivity contribution in [1.82, 2.24) is 9.80 Å². The maximum absolute atomic E-state index is 13.0. The normalized spacial score (nSPS) is 16.5. The van der Waals surface area contributed by atoms with Gasteiger partial charge in [-0.2, -0.15) is 13.2 Å². The van der Waals surface area contributed by atoms with E-state index in [-0.39, 0.29) is 18.1 Å². The van der Waals surface area contributed by atoms with Gasteiger partial charge in [0, 0.05) is 13.1 Å². The number of halogens is 3. The van der Waals surface area contributed by atoms with Crippen molar-refractivity contribution in [2.45, 2.75) is 19.1 Å². The minimum absolute atomic E-state index is 0.140. The van der Waals surface area contributed by atoms with Gasteiger partial charge in [0.05, 0.1) is 37.1 Å². The molecule has 0 aromatic heterocycles. The van der Waals surface area contributed by atoms with Crippen molar-refractivity contribution >= 4 is 17.5 Å². The summed E-state index contributed by atoms with van der Waals surface area (Å²) in [7, 11) is 1.58. The molecule has 0 spiro atoms. The van der Waals surface area contributed by atoms with Crippen LogP contribution in [0.5, 0.6) is 0 Å². The van der Waals surface area contributed by atoms with Gasteiger partial charge in [-0.15, -0.1) is 0 Å². The fourth-order valence-corrected chi connectivity index (χ4v) is 2.63. The number of morpholine rings is 1. The van der Waals surface area contributed by atoms with Crippen molar-refractivity contribution in [3.05, 3.63) is 29.8 Å². The maximum Gasteiger partial charge on any atom is 0.418 e. The van der Waals surface area contributed by atoms with Crippen LogP contribution in [0.1, 0.15) is 12.5 Å². The number of alkyl halides is 3. The fraction of sp³-hybridized carbons (Fsp3) is 0.529. The van der Waals surface area contributed by atoms with Crippen LogP contribution in [0.3, 0.4) is 0 Å². The van der Waals surface area contributed by atoms with E-state index in [0.717, 1.165) is 6.07 Å². The summed E-state index contributed by atoms with van der Waals surface area (Å²) in [4.78, 5) is 27.7. The number of benzene rings is 1. The third-order valence-electron chi connectivity index (χ3n) is 4.24. The Morgan fingerprint density at radius 3 is 2.50 bits per heavy atom. The van der Waals surface area contributed by atoms with Crippen LogP contribution in [0.2, 0.25) is 0 Å². The average Bonchev–Trinajstić information content (AvgIpc) is 2.60. The number of likely N-dealkylation sites (N-methyl/N-ethyl adjacent to an activating group) is 1. The van der Waals surface area contributed by atoms with Gasteiger partial charge in [0.2, 0.25) is 11.8 Å². The first kappa shape index (κ1) is 20.2. The third-order valence-corrected chi connectivity index (χ3v) is 4.24. The Balaban J connectivity index is 1.96. The van der Waals surface area contributed by atoms with Gasteiger partial charge >= 0.3 is 6.18 Å². The predicted molar refractivity (Wildman–Crippen MR) is 89.6 cm³/mol. The van der Waals surface area contributed by atoms with Crippen LogP contribution in [-0.4, -0.2) is 67.6 Å². The molecule has 1 saturated heterocycles. The van der Waals surface area contributed by atoms with Gasteiger partial charge in [-0.1, -0.05) is 12.1 Å². The molecule has 0 radical (unpaired) electrons. The van der Waals surface area contributed by atoms with E-state index in [4.69, 9.17) is 4.74 Å². The monoisotopic (exact) mass is 373 g/mol. The molecule has 26 heavy (non-hydrogen) atoms. The summed E-state index contributed by atoms with van der Waals surface area (Å²) in [5, 5.41) is 2.28. The van der Waals surface area contributed by atoms with E-state index >= 15 is 0 Å². The van der Waals surface area contributed by atoms with Gasteiger partial charge < -0.3 is 15.0 Å². The molecular formula is C17H22F3N3O3. The highest BCUT2D eigenvalue weighted by atomic mass is 19.4. The molecule has 0 bridgehead atoms. The number of hydrogen-bond acceptors (Lipinski definition) is 4. The highest BCUT2D eigenvalue weighted by Crippen LogP contribution is 2.34. The van der Waals surface area contributed by atoms with E-state index in [2.05, 4.69) is 5.32 Å². The molecule has 1 atom stereocenters. The Bertz CT molecular complexity index is 646. The molecule has 2 amide bonds. The van der Waals surface area contributed by atoms with Crippen molar-refractivity contribution < 1.29 is 27.5 Å². The topological polar surface area (TPSA) is 61.9 Å². The molecule has 1 heterocycles. The lowest BCUT2D eigenvalue weighted by Gasteiger charge is -2.32. The second-order valence-corrected chi connectivity index (χ2v) is 6.12. The van der Waals surface area contributed by atoms with Crippen LogP contribution in [0, 0.1) is 0 Å². The smallest absolute Gasteiger partial charge is 0.378 e. The number of ether oxygens (including phenoxy) is 1. The van der Waals surface area contributed by atoms with Gasteiger partial charge in [-0.25, -0.2) is 0 Å². The lowest BCUT2D eigenvalue weighted by Crippen LogP contribution is -2.50. The molecule has 1 aromatic rings. The molecule has 2 rings (SSSR count). The summed E-state index contributed by atoms with van der Waals surface area (Å²) in [6, 6.07) is 4.21. The van der Waals surface area contributed by atoms with Gasteiger partial charge in [0.1, 0.15) is 0 Å². The number of amides is 2. The predicted octanol–water partition coefficient (Wildman–Crippen LogP) is 1.82. The maximum atomic E-state index is 13.0. The highest BCUT2D eigenvalue weighted by Gasteiger charge is 2.34. The second-order valence-electron chi connectivity index (χ2n) is 6.12. The summed E-state index contributed by atoms with van der Waals surface area (Å²) < 4.78 is 44.1. The molecule has 1 aromatic carbocycles. The number of nitrogens with zero attached hydrogens (tertiary/aromatic N) is 2. The molecule has 144 valence electrons. The van der Waals surface area contributed by atoms with E-state index in [1.54, 1.807) is 18.9 Å². The number of carbonyl (C=O) groups is 2. The third kappa shape index (κ3) is 5.18. The number of nitrogens with one attached hydrogen (secondary N) is 1. The number of hydrogen-bond donors (Lipinski definition) is 1. The number of para-hydroxylation sites is 1. The molecule has 1 fully saturated rings. The Kier molecular flexibility index (Phi) is 6.60. The SMILES string of the molecule is C[C@H](C(=O)N1CCOCC1)N(C)CC(=O)Nc1ccccc1C(F)(F)F. The van der Waals surface area contributed by atoms with Gasteiger partial charge in [-0.05, 0) is 26.1 Å². The summed E-state index contributed by atoms with van der Waals surface area (Å²) in [6.45, 7) is 3.37. The summed E-state index contributed by atoms with van der Waals surface area (Å²) >= 11 is 0. The van der Waals surface area contributed by atoms with Crippen LogP contribution >= 0.6 is 0 Å². The quantitative estimate of drug-likeness (QED) is 0.855. The number of carbonyl (C=O) groups excluding carboxylic acids is 2. The molecule has 0 aliphatic carbocycles. The Morgan fingerprint density at radius 1 is 1.27 bits per heavy atom. The van der Waals surface area contributed by atoms with E-state index in [1.807, 2.05) is 0 Å². The molecule has 1 aliphatic heterocycles. The lowest BCUT2D eigenvalue weighted by atomic mass is 10.1. The molecule has 0 saturated carbocycles. The van der Waals surface area contributed by atoms with Crippen LogP contribution < -0.4 is 5.32 Å². The first-order valence-electron chi connectivity index (χ1n) is 8.23. The zero-order valence-corrected chi connectivity index (χ0v) is 14.7. The van der Waals surface area contributed by atoms with Crippen molar-refractivity contribution in [3.63, 3.8) is 0 Å². The largest absolute Gasteiger partial charge is 0.418 e. The number of rotatable bonds is 5.